The van der Waals surface area contributed by atoms with E-state index in [2.05, 4.69) is 10.2 Å². The van der Waals surface area contributed by atoms with E-state index in [0.717, 1.165) is 17.7 Å². The maximum atomic E-state index is 12.3. The van der Waals surface area contributed by atoms with Gasteiger partial charge in [-0.25, -0.2) is 0 Å². The van der Waals surface area contributed by atoms with E-state index < -0.39 is 0 Å². The molecule has 1 aliphatic rings. The number of rotatable bonds is 1. The molecule has 18 heavy (non-hydrogen) atoms. The number of H-pyrrole nitrogens is 1. The molecular weight excluding hydrogens is 228 g/mol. The molecule has 5 nitrogen and oxygen atoms in total. The normalized spacial score (nSPS) is 14.3. The van der Waals surface area contributed by atoms with Crippen LogP contribution in [0.4, 0.5) is 5.82 Å². The third-order valence-corrected chi connectivity index (χ3v) is 3.27. The van der Waals surface area contributed by atoms with E-state index in [4.69, 9.17) is 5.73 Å². The maximum absolute atomic E-state index is 12.3. The summed E-state index contributed by atoms with van der Waals surface area (Å²) in [6.45, 7) is 1.23. The van der Waals surface area contributed by atoms with Gasteiger partial charge in [0.15, 0.2) is 0 Å². The van der Waals surface area contributed by atoms with Crippen LogP contribution in [0.5, 0.6) is 0 Å². The molecule has 0 radical (unpaired) electrons. The fourth-order valence-electron chi connectivity index (χ4n) is 2.28. The van der Waals surface area contributed by atoms with Crippen molar-refractivity contribution in [3.05, 3.63) is 47.2 Å². The number of hydrogen-bond acceptors (Lipinski definition) is 3. The van der Waals surface area contributed by atoms with E-state index in [0.29, 0.717) is 24.5 Å². The first-order chi connectivity index (χ1) is 8.75. The lowest BCUT2D eigenvalue weighted by Gasteiger charge is -2.26. The number of carbonyl (C=O) groups is 1. The van der Waals surface area contributed by atoms with Gasteiger partial charge in [0.1, 0.15) is 5.82 Å². The van der Waals surface area contributed by atoms with Gasteiger partial charge in [0.25, 0.3) is 5.91 Å². The number of fused-ring (bicyclic) bond motifs is 1. The smallest absolute Gasteiger partial charge is 0.254 e. The molecule has 92 valence electrons. The highest BCUT2D eigenvalue weighted by atomic mass is 16.2. The van der Waals surface area contributed by atoms with E-state index in [-0.39, 0.29) is 5.91 Å². The van der Waals surface area contributed by atoms with Crippen molar-refractivity contribution in [2.45, 2.75) is 13.0 Å². The molecule has 1 aromatic heterocycles. The number of aromatic nitrogens is 2. The molecule has 0 atom stereocenters. The molecule has 1 aliphatic heterocycles. The molecule has 0 spiro atoms. The molecule has 2 aromatic rings. The van der Waals surface area contributed by atoms with Gasteiger partial charge < -0.3 is 10.6 Å². The second-order valence-corrected chi connectivity index (χ2v) is 4.41. The number of hydrogen-bond donors (Lipinski definition) is 2. The Balaban J connectivity index is 1.82. The number of nitrogens with one attached hydrogen (secondary N) is 1. The van der Waals surface area contributed by atoms with E-state index in [1.807, 2.05) is 35.2 Å². The molecule has 0 saturated heterocycles. The molecule has 3 N–H and O–H groups in total. The van der Waals surface area contributed by atoms with Crippen LogP contribution in [0.15, 0.2) is 30.3 Å². The number of nitrogens with two attached hydrogens (primary N) is 1. The Morgan fingerprint density at radius 2 is 2.11 bits per heavy atom. The Morgan fingerprint density at radius 1 is 1.33 bits per heavy atom. The Kier molecular flexibility index (Phi) is 2.51. The Hall–Kier alpha value is -2.30. The zero-order valence-corrected chi connectivity index (χ0v) is 9.89. The lowest BCUT2D eigenvalue weighted by Crippen LogP contribution is -2.35. The van der Waals surface area contributed by atoms with Crippen LogP contribution in [0.2, 0.25) is 0 Å². The average Bonchev–Trinajstić information content (AvgIpc) is 2.80. The predicted molar refractivity (Wildman–Crippen MR) is 67.9 cm³/mol. The number of benzene rings is 1. The first-order valence-electron chi connectivity index (χ1n) is 5.91. The minimum atomic E-state index is 0.0504. The van der Waals surface area contributed by atoms with Gasteiger partial charge in [-0.2, -0.15) is 5.10 Å². The topological polar surface area (TPSA) is 75.0 Å². The van der Waals surface area contributed by atoms with Crippen molar-refractivity contribution in [3.63, 3.8) is 0 Å². The fraction of sp³-hybridized carbons (Fsp3) is 0.231. The second kappa shape index (κ2) is 4.18. The van der Waals surface area contributed by atoms with Crippen LogP contribution >= 0.6 is 0 Å². The molecule has 5 heteroatoms. The first-order valence-corrected chi connectivity index (χ1v) is 5.91. The van der Waals surface area contributed by atoms with Crippen LogP contribution in [0.1, 0.15) is 21.6 Å². The largest absolute Gasteiger partial charge is 0.382 e. The zero-order chi connectivity index (χ0) is 12.5. The van der Waals surface area contributed by atoms with Gasteiger partial charge in [-0.05, 0) is 18.6 Å². The van der Waals surface area contributed by atoms with Gasteiger partial charge in [-0.1, -0.05) is 18.2 Å². The molecule has 0 aliphatic carbocycles. The van der Waals surface area contributed by atoms with Gasteiger partial charge in [-0.15, -0.1) is 0 Å². The molecule has 0 saturated carbocycles. The molecule has 0 bridgehead atoms. The van der Waals surface area contributed by atoms with Crippen LogP contribution in [0, 0.1) is 0 Å². The van der Waals surface area contributed by atoms with E-state index in [1.165, 1.54) is 0 Å². The minimum absolute atomic E-state index is 0.0504. The lowest BCUT2D eigenvalue weighted by molar-refractivity contribution is 0.0732. The van der Waals surface area contributed by atoms with Crippen LogP contribution in [-0.2, 0) is 13.0 Å². The van der Waals surface area contributed by atoms with Crippen molar-refractivity contribution in [1.82, 2.24) is 15.1 Å². The Labute approximate surface area is 105 Å². The first kappa shape index (κ1) is 10.8. The number of carbonyl (C=O) groups excluding carboxylic acids is 1. The number of anilines is 1. The third-order valence-electron chi connectivity index (χ3n) is 3.27. The standard InChI is InChI=1S/C13H14N4O/c14-12-10-6-7-17(8-11(10)15-16-12)13(18)9-4-2-1-3-5-9/h1-5H,6-8H2,(H3,14,15,16). The highest BCUT2D eigenvalue weighted by molar-refractivity contribution is 5.94. The van der Waals surface area contributed by atoms with Gasteiger partial charge in [-0.3, -0.25) is 9.89 Å². The van der Waals surface area contributed by atoms with E-state index in [1.54, 1.807) is 0 Å². The summed E-state index contributed by atoms with van der Waals surface area (Å²) in [4.78, 5) is 14.1. The molecular formula is C13H14N4O. The van der Waals surface area contributed by atoms with Crippen molar-refractivity contribution in [1.29, 1.82) is 0 Å². The molecule has 1 amide bonds. The van der Waals surface area contributed by atoms with Gasteiger partial charge >= 0.3 is 0 Å². The summed E-state index contributed by atoms with van der Waals surface area (Å²) in [5.41, 5.74) is 8.46. The van der Waals surface area contributed by atoms with Crippen molar-refractivity contribution < 1.29 is 4.79 Å². The second-order valence-electron chi connectivity index (χ2n) is 4.41. The van der Waals surface area contributed by atoms with E-state index in [9.17, 15) is 4.79 Å². The van der Waals surface area contributed by atoms with Crippen LogP contribution < -0.4 is 5.73 Å². The summed E-state index contributed by atoms with van der Waals surface area (Å²) in [6, 6.07) is 9.31. The quantitative estimate of drug-likeness (QED) is 0.788. The third kappa shape index (κ3) is 1.73. The van der Waals surface area contributed by atoms with Crippen LogP contribution in [0.25, 0.3) is 0 Å². The minimum Gasteiger partial charge on any atom is -0.382 e. The van der Waals surface area contributed by atoms with Gasteiger partial charge in [0, 0.05) is 17.7 Å². The summed E-state index contributed by atoms with van der Waals surface area (Å²) < 4.78 is 0. The number of amides is 1. The fourth-order valence-corrected chi connectivity index (χ4v) is 2.28. The molecule has 3 rings (SSSR count). The maximum Gasteiger partial charge on any atom is 0.254 e. The number of nitrogen functional groups attached to an aromatic ring is 1. The summed E-state index contributed by atoms with van der Waals surface area (Å²) in [7, 11) is 0. The number of aromatic amines is 1. The van der Waals surface area contributed by atoms with Crippen LogP contribution in [0.3, 0.4) is 0 Å². The Bertz CT molecular complexity index is 576. The summed E-state index contributed by atoms with van der Waals surface area (Å²) in [6.07, 6.45) is 0.760. The summed E-state index contributed by atoms with van der Waals surface area (Å²) >= 11 is 0. The van der Waals surface area contributed by atoms with Gasteiger partial charge in [0.05, 0.1) is 12.2 Å². The molecule has 0 unspecified atom stereocenters. The van der Waals surface area contributed by atoms with Crippen molar-refractivity contribution >= 4 is 11.7 Å². The SMILES string of the molecule is Nc1n[nH]c2c1CCN(C(=O)c1ccccc1)C2. The molecule has 0 fully saturated rings. The van der Waals surface area contributed by atoms with Gasteiger partial charge in [0.2, 0.25) is 0 Å². The van der Waals surface area contributed by atoms with Crippen molar-refractivity contribution in [2.75, 3.05) is 12.3 Å². The number of nitrogens with zero attached hydrogens (tertiary/aromatic N) is 2. The zero-order valence-electron chi connectivity index (χ0n) is 9.89. The molecule has 1 aromatic carbocycles. The molecule has 2 heterocycles. The Morgan fingerprint density at radius 3 is 2.89 bits per heavy atom. The van der Waals surface area contributed by atoms with E-state index >= 15 is 0 Å². The summed E-state index contributed by atoms with van der Waals surface area (Å²) in [5.74, 6) is 0.603. The summed E-state index contributed by atoms with van der Waals surface area (Å²) in [5, 5.41) is 6.87. The highest BCUT2D eigenvalue weighted by Gasteiger charge is 2.24. The lowest BCUT2D eigenvalue weighted by atomic mass is 10.1. The van der Waals surface area contributed by atoms with Crippen LogP contribution in [-0.4, -0.2) is 27.5 Å². The average molecular weight is 242 g/mol. The monoisotopic (exact) mass is 242 g/mol. The van der Waals surface area contributed by atoms with Crippen molar-refractivity contribution in [2.24, 2.45) is 0 Å². The predicted octanol–water partition coefficient (Wildman–Crippen LogP) is 1.19. The highest BCUT2D eigenvalue weighted by Crippen LogP contribution is 2.22. The van der Waals surface area contributed by atoms with Crippen molar-refractivity contribution in [3.8, 4) is 0 Å².